The first kappa shape index (κ1) is 27.4. The zero-order valence-electron chi connectivity index (χ0n) is 21.2. The largest absolute Gasteiger partial charge is 0.356 e. The molecule has 1 aliphatic rings. The van der Waals surface area contributed by atoms with Crippen LogP contribution in [0.4, 0.5) is 0 Å². The number of hydrogen-bond acceptors (Lipinski definition) is 2. The highest BCUT2D eigenvalue weighted by molar-refractivity contribution is 4.96. The van der Waals surface area contributed by atoms with E-state index in [0.717, 1.165) is 6.54 Å². The summed E-state index contributed by atoms with van der Waals surface area (Å²) in [6.45, 7) is 9.31. The van der Waals surface area contributed by atoms with E-state index < -0.39 is 0 Å². The van der Waals surface area contributed by atoms with Crippen molar-refractivity contribution in [2.75, 3.05) is 13.1 Å². The van der Waals surface area contributed by atoms with E-state index in [1.807, 2.05) is 0 Å². The van der Waals surface area contributed by atoms with Crippen molar-refractivity contribution in [2.45, 2.75) is 155 Å². The molecule has 1 rings (SSSR count). The van der Waals surface area contributed by atoms with Crippen LogP contribution in [0.2, 0.25) is 0 Å². The molecule has 0 saturated carbocycles. The lowest BCUT2D eigenvalue weighted by Crippen LogP contribution is -2.38. The molecule has 0 amide bonds. The van der Waals surface area contributed by atoms with Gasteiger partial charge < -0.3 is 9.80 Å². The van der Waals surface area contributed by atoms with E-state index in [-0.39, 0.29) is 0 Å². The van der Waals surface area contributed by atoms with Gasteiger partial charge in [0.05, 0.1) is 0 Å². The second-order valence-electron chi connectivity index (χ2n) is 9.65. The summed E-state index contributed by atoms with van der Waals surface area (Å²) in [6.07, 6.45) is 33.8. The molecule has 0 bridgehead atoms. The number of hydrogen-bond donors (Lipinski definition) is 0. The molecule has 30 heavy (non-hydrogen) atoms. The second kappa shape index (κ2) is 20.3. The molecule has 1 atom stereocenters. The van der Waals surface area contributed by atoms with Gasteiger partial charge in [-0.15, -0.1) is 0 Å². The van der Waals surface area contributed by atoms with Gasteiger partial charge in [0.25, 0.3) is 0 Å². The summed E-state index contributed by atoms with van der Waals surface area (Å²) in [5, 5.41) is 0. The Labute approximate surface area is 190 Å². The van der Waals surface area contributed by atoms with E-state index in [0.29, 0.717) is 6.17 Å². The van der Waals surface area contributed by atoms with Gasteiger partial charge in [-0.3, -0.25) is 0 Å². The summed E-state index contributed by atoms with van der Waals surface area (Å²) in [4.78, 5) is 5.19. The van der Waals surface area contributed by atoms with E-state index in [9.17, 15) is 0 Å². The second-order valence-corrected chi connectivity index (χ2v) is 9.65. The van der Waals surface area contributed by atoms with Crippen LogP contribution in [0.25, 0.3) is 0 Å². The van der Waals surface area contributed by atoms with Crippen LogP contribution in [0.1, 0.15) is 149 Å². The van der Waals surface area contributed by atoms with Crippen molar-refractivity contribution >= 4 is 0 Å². The molecular formula is C28H56N2. The highest BCUT2D eigenvalue weighted by atomic mass is 15.4. The maximum atomic E-state index is 2.64. The van der Waals surface area contributed by atoms with Gasteiger partial charge in [-0.2, -0.15) is 0 Å². The Morgan fingerprint density at radius 1 is 0.467 bits per heavy atom. The molecule has 0 saturated heterocycles. The molecule has 1 heterocycles. The van der Waals surface area contributed by atoms with Gasteiger partial charge in [-0.1, -0.05) is 123 Å². The van der Waals surface area contributed by atoms with Gasteiger partial charge in [0.1, 0.15) is 6.17 Å². The van der Waals surface area contributed by atoms with E-state index in [4.69, 9.17) is 0 Å². The minimum atomic E-state index is 0.637. The summed E-state index contributed by atoms with van der Waals surface area (Å²) in [6, 6.07) is 0. The zero-order valence-corrected chi connectivity index (χ0v) is 21.2. The van der Waals surface area contributed by atoms with Crippen molar-refractivity contribution in [1.82, 2.24) is 9.80 Å². The standard InChI is InChI=1S/C28H56N2/c1-4-7-9-11-13-15-17-19-21-23-25-30-27-26-29(6-3)28(30)24-22-20-18-16-14-12-10-8-5-2/h26-28H,4-25H2,1-3H3. The van der Waals surface area contributed by atoms with Crippen LogP contribution in [-0.4, -0.2) is 29.1 Å². The van der Waals surface area contributed by atoms with Crippen molar-refractivity contribution < 1.29 is 0 Å². The molecule has 0 spiro atoms. The van der Waals surface area contributed by atoms with Gasteiger partial charge in [-0.05, 0) is 26.2 Å². The minimum absolute atomic E-state index is 0.637. The molecule has 0 radical (unpaired) electrons. The SMILES string of the molecule is CCCCCCCCCCCCN1C=CN(CC)C1CCCCCCCCCCC. The monoisotopic (exact) mass is 420 g/mol. The lowest BCUT2D eigenvalue weighted by Gasteiger charge is -2.32. The van der Waals surface area contributed by atoms with Crippen LogP contribution >= 0.6 is 0 Å². The Balaban J connectivity index is 2.04. The average molecular weight is 421 g/mol. The quantitative estimate of drug-likeness (QED) is 0.161. The van der Waals surface area contributed by atoms with Crippen molar-refractivity contribution in [3.8, 4) is 0 Å². The van der Waals surface area contributed by atoms with E-state index in [1.54, 1.807) is 0 Å². The van der Waals surface area contributed by atoms with E-state index in [1.165, 1.54) is 135 Å². The van der Waals surface area contributed by atoms with Crippen LogP contribution in [0.15, 0.2) is 12.4 Å². The van der Waals surface area contributed by atoms with Crippen LogP contribution < -0.4 is 0 Å². The van der Waals surface area contributed by atoms with Crippen LogP contribution in [0, 0.1) is 0 Å². The summed E-state index contributed by atoms with van der Waals surface area (Å²) >= 11 is 0. The molecule has 1 unspecified atom stereocenters. The van der Waals surface area contributed by atoms with Crippen LogP contribution in [0.3, 0.4) is 0 Å². The lowest BCUT2D eigenvalue weighted by molar-refractivity contribution is 0.142. The number of rotatable bonds is 22. The fourth-order valence-electron chi connectivity index (χ4n) is 4.85. The Kier molecular flexibility index (Phi) is 18.5. The predicted octanol–water partition coefficient (Wildman–Crippen LogP) is 9.26. The van der Waals surface area contributed by atoms with E-state index >= 15 is 0 Å². The summed E-state index contributed by atoms with van der Waals surface area (Å²) in [5.41, 5.74) is 0. The molecule has 0 aromatic heterocycles. The van der Waals surface area contributed by atoms with Crippen molar-refractivity contribution in [3.05, 3.63) is 12.4 Å². The fourth-order valence-corrected chi connectivity index (χ4v) is 4.85. The number of nitrogens with zero attached hydrogens (tertiary/aromatic N) is 2. The highest BCUT2D eigenvalue weighted by Gasteiger charge is 2.23. The van der Waals surface area contributed by atoms with Crippen molar-refractivity contribution in [1.29, 1.82) is 0 Å². The molecule has 0 aromatic rings. The molecule has 178 valence electrons. The molecule has 1 aliphatic heterocycles. The summed E-state index contributed by atoms with van der Waals surface area (Å²) < 4.78 is 0. The van der Waals surface area contributed by atoms with Gasteiger partial charge in [0.15, 0.2) is 0 Å². The van der Waals surface area contributed by atoms with Crippen LogP contribution in [-0.2, 0) is 0 Å². The summed E-state index contributed by atoms with van der Waals surface area (Å²) in [5.74, 6) is 0. The predicted molar refractivity (Wildman–Crippen MR) is 136 cm³/mol. The maximum Gasteiger partial charge on any atom is 0.101 e. The van der Waals surface area contributed by atoms with Gasteiger partial charge in [-0.25, -0.2) is 0 Å². The highest BCUT2D eigenvalue weighted by Crippen LogP contribution is 2.22. The molecule has 0 fully saturated rings. The molecular weight excluding hydrogens is 364 g/mol. The first-order valence-electron chi connectivity index (χ1n) is 14.0. The zero-order chi connectivity index (χ0) is 21.7. The van der Waals surface area contributed by atoms with Crippen LogP contribution in [0.5, 0.6) is 0 Å². The third-order valence-electron chi connectivity index (χ3n) is 6.92. The molecule has 0 aliphatic carbocycles. The topological polar surface area (TPSA) is 6.48 Å². The summed E-state index contributed by atoms with van der Waals surface area (Å²) in [7, 11) is 0. The van der Waals surface area contributed by atoms with Gasteiger partial charge in [0.2, 0.25) is 0 Å². The first-order valence-corrected chi connectivity index (χ1v) is 14.0. The average Bonchev–Trinajstić information content (AvgIpc) is 3.15. The fraction of sp³-hybridized carbons (Fsp3) is 0.929. The minimum Gasteiger partial charge on any atom is -0.356 e. The molecule has 0 aromatic carbocycles. The van der Waals surface area contributed by atoms with Gasteiger partial charge in [0, 0.05) is 25.5 Å². The Morgan fingerprint density at radius 2 is 0.867 bits per heavy atom. The molecule has 0 N–H and O–H groups in total. The van der Waals surface area contributed by atoms with Crippen molar-refractivity contribution in [2.24, 2.45) is 0 Å². The van der Waals surface area contributed by atoms with Gasteiger partial charge >= 0.3 is 0 Å². The third-order valence-corrected chi connectivity index (χ3v) is 6.92. The Morgan fingerprint density at radius 3 is 1.33 bits per heavy atom. The number of unbranched alkanes of at least 4 members (excludes halogenated alkanes) is 17. The third kappa shape index (κ3) is 13.6. The van der Waals surface area contributed by atoms with Crippen molar-refractivity contribution in [3.63, 3.8) is 0 Å². The Bertz CT molecular complexity index is 379. The Hall–Kier alpha value is -0.660. The maximum absolute atomic E-state index is 2.64. The molecule has 2 nitrogen and oxygen atoms in total. The van der Waals surface area contributed by atoms with E-state index in [2.05, 4.69) is 43.0 Å². The first-order chi connectivity index (χ1) is 14.8. The smallest absolute Gasteiger partial charge is 0.101 e. The molecule has 2 heteroatoms. The lowest BCUT2D eigenvalue weighted by atomic mass is 10.1. The normalized spacial score (nSPS) is 16.2.